The third-order valence-corrected chi connectivity index (χ3v) is 6.36. The summed E-state index contributed by atoms with van der Waals surface area (Å²) in [6, 6.07) is 15.3. The molecule has 0 spiro atoms. The zero-order valence-electron chi connectivity index (χ0n) is 22.5. The number of aliphatic hydroxyl groups excluding tert-OH is 1. The van der Waals surface area contributed by atoms with E-state index in [2.05, 4.69) is 16.0 Å². The molecule has 40 heavy (non-hydrogen) atoms. The first-order chi connectivity index (χ1) is 19.3. The number of carboxylic acids is 1. The maximum atomic E-state index is 12.8. The van der Waals surface area contributed by atoms with Crippen LogP contribution >= 0.6 is 0 Å². The third kappa shape index (κ3) is 9.97. The fraction of sp³-hybridized carbons (Fsp3) is 0.448. The molecule has 3 rings (SSSR count). The van der Waals surface area contributed by atoms with E-state index >= 15 is 0 Å². The van der Waals surface area contributed by atoms with Gasteiger partial charge in [0.2, 0.25) is 5.91 Å². The van der Waals surface area contributed by atoms with Gasteiger partial charge in [-0.05, 0) is 55.9 Å². The number of benzene rings is 2. The summed E-state index contributed by atoms with van der Waals surface area (Å²) in [5.74, 6) is -1.89. The number of epoxide rings is 1. The lowest BCUT2D eigenvalue weighted by atomic mass is 10.1. The van der Waals surface area contributed by atoms with Gasteiger partial charge in [0.25, 0.3) is 11.8 Å². The van der Waals surface area contributed by atoms with Crippen LogP contribution in [0.3, 0.4) is 0 Å². The van der Waals surface area contributed by atoms with Crippen molar-refractivity contribution in [3.05, 3.63) is 65.7 Å². The van der Waals surface area contributed by atoms with Crippen molar-refractivity contribution in [1.82, 2.24) is 16.0 Å². The van der Waals surface area contributed by atoms with Crippen LogP contribution in [0.4, 0.5) is 0 Å². The minimum Gasteiger partial charge on any atom is -0.494 e. The van der Waals surface area contributed by atoms with Gasteiger partial charge in [0.05, 0.1) is 19.3 Å². The number of ether oxygens (including phenoxy) is 2. The molecule has 2 aromatic rings. The molecule has 3 amide bonds. The average Bonchev–Trinajstić information content (AvgIpc) is 3.75. The van der Waals surface area contributed by atoms with E-state index in [-0.39, 0.29) is 25.9 Å². The number of amides is 3. The molecule has 0 saturated carbocycles. The Balaban J connectivity index is 1.49. The van der Waals surface area contributed by atoms with Gasteiger partial charge in [-0.1, -0.05) is 42.5 Å². The fourth-order valence-corrected chi connectivity index (χ4v) is 4.21. The van der Waals surface area contributed by atoms with E-state index in [0.29, 0.717) is 26.0 Å². The highest BCUT2D eigenvalue weighted by Crippen LogP contribution is 2.23. The van der Waals surface area contributed by atoms with E-state index in [1.54, 1.807) is 0 Å². The standard InChI is InChI=1S/C29H37N3O8/c1-2-39-22-13-11-20(12-14-22)17-21(18-33)31-28(37)25-26(40-25)29(38)32-23(9-6-10-24(34)35)27(36)30-16-15-19-7-4-3-5-8-19/h3-5,7-8,11-14,21,23,25-26,33H,2,6,9-10,15-18H2,1H3,(H,30,36)(H,31,37)(H,32,38)(H,34,35)/t21-,23-,25-,26-/m0/s1. The van der Waals surface area contributed by atoms with Crippen LogP contribution in [0, 0.1) is 0 Å². The molecular formula is C29H37N3O8. The second-order valence-corrected chi connectivity index (χ2v) is 9.52. The van der Waals surface area contributed by atoms with Crippen molar-refractivity contribution in [3.8, 4) is 5.75 Å². The predicted molar refractivity (Wildman–Crippen MR) is 146 cm³/mol. The van der Waals surface area contributed by atoms with Crippen molar-refractivity contribution in [3.63, 3.8) is 0 Å². The summed E-state index contributed by atoms with van der Waals surface area (Å²) in [6.07, 6.45) is -1.00. The highest BCUT2D eigenvalue weighted by Gasteiger charge is 2.51. The highest BCUT2D eigenvalue weighted by molar-refractivity contribution is 5.97. The molecule has 2 aromatic carbocycles. The van der Waals surface area contributed by atoms with Crippen LogP contribution in [0.2, 0.25) is 0 Å². The van der Waals surface area contributed by atoms with Gasteiger partial charge in [-0.2, -0.15) is 0 Å². The molecule has 1 saturated heterocycles. The van der Waals surface area contributed by atoms with Gasteiger partial charge in [0.15, 0.2) is 12.2 Å². The third-order valence-electron chi connectivity index (χ3n) is 6.36. The summed E-state index contributed by atoms with van der Waals surface area (Å²) < 4.78 is 10.7. The van der Waals surface area contributed by atoms with Gasteiger partial charge >= 0.3 is 5.97 Å². The lowest BCUT2D eigenvalue weighted by molar-refractivity contribution is -0.137. The zero-order valence-corrected chi connectivity index (χ0v) is 22.5. The number of hydrogen-bond acceptors (Lipinski definition) is 7. The van der Waals surface area contributed by atoms with Crippen LogP contribution in [0.1, 0.15) is 37.3 Å². The molecule has 216 valence electrons. The summed E-state index contributed by atoms with van der Waals surface area (Å²) >= 11 is 0. The number of nitrogens with one attached hydrogen (secondary N) is 3. The van der Waals surface area contributed by atoms with Crippen molar-refractivity contribution in [2.45, 2.75) is 63.3 Å². The maximum Gasteiger partial charge on any atom is 0.303 e. The lowest BCUT2D eigenvalue weighted by Crippen LogP contribution is -2.49. The van der Waals surface area contributed by atoms with Crippen LogP contribution in [-0.4, -0.2) is 78.0 Å². The quantitative estimate of drug-likeness (QED) is 0.180. The molecular weight excluding hydrogens is 518 g/mol. The maximum absolute atomic E-state index is 12.8. The molecule has 1 heterocycles. The molecule has 1 aliphatic rings. The number of aliphatic hydroxyl groups is 1. The Morgan fingerprint density at radius 1 is 0.950 bits per heavy atom. The monoisotopic (exact) mass is 555 g/mol. The molecule has 4 atom stereocenters. The van der Waals surface area contributed by atoms with E-state index in [4.69, 9.17) is 14.6 Å². The average molecular weight is 556 g/mol. The van der Waals surface area contributed by atoms with Crippen molar-refractivity contribution in [1.29, 1.82) is 0 Å². The molecule has 0 bridgehead atoms. The largest absolute Gasteiger partial charge is 0.494 e. The molecule has 0 aliphatic carbocycles. The van der Waals surface area contributed by atoms with Gasteiger partial charge in [0, 0.05) is 13.0 Å². The summed E-state index contributed by atoms with van der Waals surface area (Å²) in [4.78, 5) is 49.2. The summed E-state index contributed by atoms with van der Waals surface area (Å²) in [5.41, 5.74) is 1.93. The molecule has 0 unspecified atom stereocenters. The second kappa shape index (κ2) is 15.6. The van der Waals surface area contributed by atoms with Crippen LogP contribution in [-0.2, 0) is 36.8 Å². The number of carbonyl (C=O) groups is 4. The van der Waals surface area contributed by atoms with Gasteiger partial charge in [-0.3, -0.25) is 19.2 Å². The van der Waals surface area contributed by atoms with Crippen molar-refractivity contribution in [2.75, 3.05) is 19.8 Å². The molecule has 1 aliphatic heterocycles. The normalized spacial score (nSPS) is 17.2. The van der Waals surface area contributed by atoms with Crippen molar-refractivity contribution < 1.29 is 38.9 Å². The molecule has 11 nitrogen and oxygen atoms in total. The van der Waals surface area contributed by atoms with Gasteiger partial charge in [0.1, 0.15) is 11.8 Å². The van der Waals surface area contributed by atoms with Gasteiger partial charge < -0.3 is 35.6 Å². The Kier molecular flexibility index (Phi) is 11.9. The fourth-order valence-electron chi connectivity index (χ4n) is 4.21. The summed E-state index contributed by atoms with van der Waals surface area (Å²) in [5, 5.41) is 26.8. The minimum atomic E-state index is -1.08. The summed E-state index contributed by atoms with van der Waals surface area (Å²) in [6.45, 7) is 2.47. The Labute approximate surface area is 233 Å². The van der Waals surface area contributed by atoms with Crippen LogP contribution in [0.25, 0.3) is 0 Å². The minimum absolute atomic E-state index is 0.119. The highest BCUT2D eigenvalue weighted by atomic mass is 16.6. The smallest absolute Gasteiger partial charge is 0.303 e. The SMILES string of the molecule is CCOc1ccc(C[C@@H](CO)NC(=O)[C@H]2O[C@@H]2C(=O)N[C@@H](CCCC(=O)O)C(=O)NCCc2ccccc2)cc1. The first-order valence-electron chi connectivity index (χ1n) is 13.4. The molecule has 11 heteroatoms. The molecule has 1 fully saturated rings. The van der Waals surface area contributed by atoms with Crippen LogP contribution < -0.4 is 20.7 Å². The van der Waals surface area contributed by atoms with E-state index in [1.165, 1.54) is 0 Å². The van der Waals surface area contributed by atoms with E-state index in [1.807, 2.05) is 61.5 Å². The Morgan fingerprint density at radius 3 is 2.25 bits per heavy atom. The Morgan fingerprint density at radius 2 is 1.62 bits per heavy atom. The van der Waals surface area contributed by atoms with Crippen molar-refractivity contribution >= 4 is 23.7 Å². The molecule has 5 N–H and O–H groups in total. The summed E-state index contributed by atoms with van der Waals surface area (Å²) in [7, 11) is 0. The first-order valence-corrected chi connectivity index (χ1v) is 13.4. The van der Waals surface area contributed by atoms with E-state index in [0.717, 1.165) is 16.9 Å². The van der Waals surface area contributed by atoms with Crippen molar-refractivity contribution in [2.24, 2.45) is 0 Å². The topological polar surface area (TPSA) is 167 Å². The lowest BCUT2D eigenvalue weighted by Gasteiger charge is -2.18. The zero-order chi connectivity index (χ0) is 28.9. The van der Waals surface area contributed by atoms with Crippen LogP contribution in [0.15, 0.2) is 54.6 Å². The number of carbonyl (C=O) groups excluding carboxylic acids is 3. The number of rotatable bonds is 17. The Hall–Kier alpha value is -3.96. The second-order valence-electron chi connectivity index (χ2n) is 9.52. The number of aliphatic carboxylic acids is 1. The van der Waals surface area contributed by atoms with E-state index in [9.17, 15) is 24.3 Å². The van der Waals surface area contributed by atoms with Gasteiger partial charge in [-0.15, -0.1) is 0 Å². The molecule has 0 radical (unpaired) electrons. The van der Waals surface area contributed by atoms with E-state index < -0.39 is 48.0 Å². The Bertz CT molecular complexity index is 1130. The van der Waals surface area contributed by atoms with Crippen LogP contribution in [0.5, 0.6) is 5.75 Å². The number of hydrogen-bond donors (Lipinski definition) is 5. The molecule has 0 aromatic heterocycles. The number of carboxylic acid groups (broad SMARTS) is 1. The predicted octanol–water partition coefficient (Wildman–Crippen LogP) is 0.971. The van der Waals surface area contributed by atoms with Gasteiger partial charge in [-0.25, -0.2) is 0 Å². The first kappa shape index (κ1) is 30.6.